The third-order valence-corrected chi connectivity index (χ3v) is 5.68. The van der Waals surface area contributed by atoms with E-state index >= 15 is 0 Å². The highest BCUT2D eigenvalue weighted by molar-refractivity contribution is 5.95. The van der Waals surface area contributed by atoms with E-state index in [1.54, 1.807) is 36.3 Å². The van der Waals surface area contributed by atoms with Crippen LogP contribution in [-0.2, 0) is 6.54 Å². The van der Waals surface area contributed by atoms with Crippen LogP contribution < -0.4 is 19.8 Å². The predicted octanol–water partition coefficient (Wildman–Crippen LogP) is 2.49. The molecular formula is C23H22N2O6. The molecular weight excluding hydrogens is 400 g/mol. The summed E-state index contributed by atoms with van der Waals surface area (Å²) in [6.45, 7) is 3.60. The number of amides is 1. The van der Waals surface area contributed by atoms with Crippen LogP contribution in [0.3, 0.4) is 0 Å². The van der Waals surface area contributed by atoms with Crippen molar-refractivity contribution in [2.45, 2.75) is 6.54 Å². The van der Waals surface area contributed by atoms with Crippen LogP contribution >= 0.6 is 0 Å². The molecule has 1 amide bonds. The Hall–Kier alpha value is -3.52. The maximum absolute atomic E-state index is 13.0. The Morgan fingerprint density at radius 3 is 2.61 bits per heavy atom. The quantitative estimate of drug-likeness (QED) is 0.639. The molecule has 31 heavy (non-hydrogen) atoms. The zero-order valence-corrected chi connectivity index (χ0v) is 17.1. The number of hydrogen-bond acceptors (Lipinski definition) is 7. The van der Waals surface area contributed by atoms with Gasteiger partial charge in [0.1, 0.15) is 5.75 Å². The van der Waals surface area contributed by atoms with Crippen LogP contribution in [0.5, 0.6) is 17.2 Å². The van der Waals surface area contributed by atoms with Gasteiger partial charge in [-0.25, -0.2) is 4.79 Å². The normalized spacial score (nSPS) is 16.0. The van der Waals surface area contributed by atoms with E-state index in [9.17, 15) is 9.59 Å². The lowest BCUT2D eigenvalue weighted by atomic mass is 10.1. The van der Waals surface area contributed by atoms with Crippen LogP contribution in [0, 0.1) is 0 Å². The molecule has 1 fully saturated rings. The van der Waals surface area contributed by atoms with Crippen molar-refractivity contribution in [2.24, 2.45) is 0 Å². The molecule has 2 aliphatic heterocycles. The van der Waals surface area contributed by atoms with Gasteiger partial charge in [0.2, 0.25) is 6.79 Å². The van der Waals surface area contributed by atoms with Gasteiger partial charge in [0.25, 0.3) is 5.91 Å². The molecule has 1 saturated heterocycles. The minimum Gasteiger partial charge on any atom is -0.497 e. The summed E-state index contributed by atoms with van der Waals surface area (Å²) in [6, 6.07) is 12.6. The number of methoxy groups -OCH3 is 1. The number of piperazine rings is 1. The molecule has 5 rings (SSSR count). The van der Waals surface area contributed by atoms with Crippen LogP contribution in [0.4, 0.5) is 0 Å². The molecule has 3 aromatic rings. The topological polar surface area (TPSA) is 81.5 Å². The fourth-order valence-electron chi connectivity index (χ4n) is 3.97. The summed E-state index contributed by atoms with van der Waals surface area (Å²) in [5, 5.41) is 1.05. The Kier molecular flexibility index (Phi) is 4.99. The van der Waals surface area contributed by atoms with Crippen molar-refractivity contribution in [3.63, 3.8) is 0 Å². The van der Waals surface area contributed by atoms with E-state index in [1.807, 2.05) is 18.2 Å². The number of fused-ring (bicyclic) bond motifs is 2. The summed E-state index contributed by atoms with van der Waals surface area (Å²) in [5.41, 5.74) is 0.614. The number of nitrogens with zero attached hydrogens (tertiary/aromatic N) is 2. The van der Waals surface area contributed by atoms with E-state index in [0.29, 0.717) is 29.6 Å². The van der Waals surface area contributed by atoms with Crippen LogP contribution in [-0.4, -0.2) is 55.8 Å². The first-order chi connectivity index (χ1) is 15.1. The van der Waals surface area contributed by atoms with E-state index in [4.69, 9.17) is 18.6 Å². The van der Waals surface area contributed by atoms with Gasteiger partial charge in [0.05, 0.1) is 12.5 Å². The molecule has 160 valence electrons. The maximum Gasteiger partial charge on any atom is 0.344 e. The summed E-state index contributed by atoms with van der Waals surface area (Å²) < 4.78 is 21.3. The second-order valence-electron chi connectivity index (χ2n) is 7.61. The first kappa shape index (κ1) is 19.4. The minimum absolute atomic E-state index is 0.0509. The van der Waals surface area contributed by atoms with Gasteiger partial charge in [-0.1, -0.05) is 6.07 Å². The molecule has 0 atom stereocenters. The fourth-order valence-corrected chi connectivity index (χ4v) is 3.97. The highest BCUT2D eigenvalue weighted by atomic mass is 16.7. The summed E-state index contributed by atoms with van der Waals surface area (Å²) in [4.78, 5) is 29.3. The van der Waals surface area contributed by atoms with Crippen molar-refractivity contribution < 1.29 is 23.4 Å². The third kappa shape index (κ3) is 3.82. The molecule has 0 aliphatic carbocycles. The number of benzene rings is 2. The first-order valence-corrected chi connectivity index (χ1v) is 10.1. The molecule has 2 aliphatic rings. The van der Waals surface area contributed by atoms with Crippen LogP contribution in [0.1, 0.15) is 16.1 Å². The van der Waals surface area contributed by atoms with Crippen molar-refractivity contribution in [3.8, 4) is 17.2 Å². The highest BCUT2D eigenvalue weighted by Gasteiger charge is 2.25. The van der Waals surface area contributed by atoms with E-state index in [0.717, 1.165) is 36.7 Å². The standard InChI is InChI=1S/C23H22N2O6/c1-28-17-3-4-18-16(11-17)12-21(31-23(18)27)22(26)25-8-6-24(7-9-25)13-15-2-5-19-20(10-15)30-14-29-19/h2-5,10-12H,6-9,13-14H2,1H3. The van der Waals surface area contributed by atoms with Crippen molar-refractivity contribution in [3.05, 3.63) is 64.2 Å². The SMILES string of the molecule is COc1ccc2c(=O)oc(C(=O)N3CCN(Cc4ccc5c(c4)OCO5)CC3)cc2c1. The fraction of sp³-hybridized carbons (Fsp3) is 0.304. The maximum atomic E-state index is 13.0. The first-order valence-electron chi connectivity index (χ1n) is 10.1. The lowest BCUT2D eigenvalue weighted by Gasteiger charge is -2.34. The molecule has 0 bridgehead atoms. The van der Waals surface area contributed by atoms with Gasteiger partial charge in [-0.15, -0.1) is 0 Å². The Morgan fingerprint density at radius 2 is 1.81 bits per heavy atom. The molecule has 0 N–H and O–H groups in total. The predicted molar refractivity (Wildman–Crippen MR) is 113 cm³/mol. The second kappa shape index (κ2) is 7.96. The number of carbonyl (C=O) groups is 1. The van der Waals surface area contributed by atoms with E-state index < -0.39 is 5.63 Å². The molecule has 8 nitrogen and oxygen atoms in total. The summed E-state index contributed by atoms with van der Waals surface area (Å²) in [5.74, 6) is 1.94. The molecule has 0 unspecified atom stereocenters. The van der Waals surface area contributed by atoms with Gasteiger partial charge in [0.15, 0.2) is 17.3 Å². The van der Waals surface area contributed by atoms with Crippen molar-refractivity contribution >= 4 is 16.7 Å². The average Bonchev–Trinajstić information content (AvgIpc) is 3.26. The second-order valence-corrected chi connectivity index (χ2v) is 7.61. The van der Waals surface area contributed by atoms with Gasteiger partial charge in [-0.2, -0.15) is 0 Å². The van der Waals surface area contributed by atoms with Crippen LogP contribution in [0.15, 0.2) is 51.7 Å². The molecule has 0 saturated carbocycles. The van der Waals surface area contributed by atoms with Gasteiger partial charge >= 0.3 is 5.63 Å². The van der Waals surface area contributed by atoms with E-state index in [1.165, 1.54) is 0 Å². The van der Waals surface area contributed by atoms with Gasteiger partial charge in [0, 0.05) is 32.7 Å². The van der Waals surface area contributed by atoms with Gasteiger partial charge < -0.3 is 23.5 Å². The van der Waals surface area contributed by atoms with Crippen LogP contribution in [0.25, 0.3) is 10.8 Å². The van der Waals surface area contributed by atoms with E-state index in [-0.39, 0.29) is 18.5 Å². The number of hydrogen-bond donors (Lipinski definition) is 0. The molecule has 0 radical (unpaired) electrons. The monoisotopic (exact) mass is 422 g/mol. The van der Waals surface area contributed by atoms with Crippen molar-refractivity contribution in [2.75, 3.05) is 40.1 Å². The van der Waals surface area contributed by atoms with Crippen LogP contribution in [0.2, 0.25) is 0 Å². The Morgan fingerprint density at radius 1 is 1.00 bits per heavy atom. The van der Waals surface area contributed by atoms with Gasteiger partial charge in [-0.3, -0.25) is 9.69 Å². The lowest BCUT2D eigenvalue weighted by Crippen LogP contribution is -2.48. The number of ether oxygens (including phenoxy) is 3. The molecule has 3 heterocycles. The van der Waals surface area contributed by atoms with Gasteiger partial charge in [-0.05, 0) is 47.3 Å². The molecule has 1 aromatic heterocycles. The largest absolute Gasteiger partial charge is 0.497 e. The van der Waals surface area contributed by atoms with Crippen molar-refractivity contribution in [1.29, 1.82) is 0 Å². The average molecular weight is 422 g/mol. The summed E-state index contributed by atoms with van der Waals surface area (Å²) in [7, 11) is 1.56. The Labute approximate surface area is 178 Å². The zero-order valence-electron chi connectivity index (χ0n) is 17.1. The molecule has 0 spiro atoms. The van der Waals surface area contributed by atoms with E-state index in [2.05, 4.69) is 4.90 Å². The Bertz CT molecular complexity index is 1200. The minimum atomic E-state index is -0.523. The molecule has 2 aromatic carbocycles. The smallest absolute Gasteiger partial charge is 0.344 e. The van der Waals surface area contributed by atoms with Crippen molar-refractivity contribution in [1.82, 2.24) is 9.80 Å². The number of carbonyl (C=O) groups excluding carboxylic acids is 1. The highest BCUT2D eigenvalue weighted by Crippen LogP contribution is 2.33. The number of rotatable bonds is 4. The summed E-state index contributed by atoms with van der Waals surface area (Å²) in [6.07, 6.45) is 0. The summed E-state index contributed by atoms with van der Waals surface area (Å²) >= 11 is 0. The zero-order chi connectivity index (χ0) is 21.4. The Balaban J connectivity index is 1.26. The molecule has 8 heteroatoms. The lowest BCUT2D eigenvalue weighted by molar-refractivity contribution is 0.0594. The third-order valence-electron chi connectivity index (χ3n) is 5.68.